The molecule has 1 heterocycles. The van der Waals surface area contributed by atoms with Crippen LogP contribution in [0.15, 0.2) is 54.6 Å². The highest BCUT2D eigenvalue weighted by Crippen LogP contribution is 2.53. The molecule has 0 saturated carbocycles. The minimum absolute atomic E-state index is 0.0135. The van der Waals surface area contributed by atoms with Gasteiger partial charge < -0.3 is 20.5 Å². The highest BCUT2D eigenvalue weighted by atomic mass is 35.5. The van der Waals surface area contributed by atoms with Crippen molar-refractivity contribution in [3.05, 3.63) is 98.8 Å². The van der Waals surface area contributed by atoms with E-state index in [1.165, 1.54) is 42.5 Å². The highest BCUT2D eigenvalue weighted by molar-refractivity contribution is 6.31. The quantitative estimate of drug-likeness (QED) is 0.196. The largest absolute Gasteiger partial charge is 0.465 e. The van der Waals surface area contributed by atoms with Crippen LogP contribution in [0.5, 0.6) is 0 Å². The van der Waals surface area contributed by atoms with Gasteiger partial charge in [0.15, 0.2) is 0 Å². The number of benzene rings is 3. The molecule has 0 bridgehead atoms. The number of methoxy groups -OCH3 is 1. The third-order valence-corrected chi connectivity index (χ3v) is 8.04. The van der Waals surface area contributed by atoms with E-state index in [1.807, 2.05) is 20.8 Å². The van der Waals surface area contributed by atoms with Crippen molar-refractivity contribution in [2.45, 2.75) is 56.8 Å². The zero-order valence-electron chi connectivity index (χ0n) is 23.3. The molecular weight excluding hydrogens is 590 g/mol. The molecule has 4 rings (SSSR count). The number of esters is 1. The maximum atomic E-state index is 15.8. The van der Waals surface area contributed by atoms with Crippen molar-refractivity contribution < 1.29 is 27.8 Å². The van der Waals surface area contributed by atoms with Gasteiger partial charge in [-0.2, -0.15) is 5.26 Å². The number of carbonyl (C=O) groups is 1. The Hall–Kier alpha value is -3.29. The Bertz CT molecular complexity index is 1540. The van der Waals surface area contributed by atoms with Gasteiger partial charge in [0.2, 0.25) is 0 Å². The number of hydrogen-bond acceptors (Lipinski definition) is 6. The summed E-state index contributed by atoms with van der Waals surface area (Å²) in [6.45, 7) is 5.83. The summed E-state index contributed by atoms with van der Waals surface area (Å²) in [5, 5.41) is 28.4. The fraction of sp³-hybridized carbons (Fsp3) is 0.355. The molecule has 0 radical (unpaired) electrons. The normalized spacial score (nSPS) is 22.8. The molecule has 3 aromatic carbocycles. The molecule has 222 valence electrons. The SMILES string of the molecule is COC(=O)c1ccc(NC(O)C2NC(CC(C)(C)C)C(C#N)(c3ccc(Cl)cc3F)C2c2cccc(Cl)c2F)cc1F. The molecule has 11 heteroatoms. The lowest BCUT2D eigenvalue weighted by molar-refractivity contribution is 0.0595. The Balaban J connectivity index is 1.90. The van der Waals surface area contributed by atoms with Crippen LogP contribution in [-0.4, -0.2) is 36.5 Å². The van der Waals surface area contributed by atoms with Crippen LogP contribution in [0.3, 0.4) is 0 Å². The van der Waals surface area contributed by atoms with Gasteiger partial charge in [-0.3, -0.25) is 0 Å². The number of halogens is 5. The average molecular weight is 620 g/mol. The number of aliphatic hydroxyl groups is 1. The molecule has 0 amide bonds. The lowest BCUT2D eigenvalue weighted by Crippen LogP contribution is -2.45. The maximum absolute atomic E-state index is 15.8. The number of ether oxygens (including phenoxy) is 1. The monoisotopic (exact) mass is 619 g/mol. The summed E-state index contributed by atoms with van der Waals surface area (Å²) in [6.07, 6.45) is -1.22. The highest BCUT2D eigenvalue weighted by Gasteiger charge is 2.60. The number of nitriles is 1. The van der Waals surface area contributed by atoms with Crippen molar-refractivity contribution in [1.29, 1.82) is 5.26 Å². The Morgan fingerprint density at radius 3 is 2.45 bits per heavy atom. The summed E-state index contributed by atoms with van der Waals surface area (Å²) in [5.41, 5.74) is -2.38. The van der Waals surface area contributed by atoms with Gasteiger partial charge in [-0.15, -0.1) is 0 Å². The van der Waals surface area contributed by atoms with Gasteiger partial charge in [-0.1, -0.05) is 62.2 Å². The molecule has 0 aliphatic carbocycles. The minimum atomic E-state index is -1.75. The first-order valence-corrected chi connectivity index (χ1v) is 13.9. The van der Waals surface area contributed by atoms with Gasteiger partial charge in [0.05, 0.1) is 29.8 Å². The van der Waals surface area contributed by atoms with E-state index in [2.05, 4.69) is 21.4 Å². The smallest absolute Gasteiger partial charge is 0.340 e. The summed E-state index contributed by atoms with van der Waals surface area (Å²) < 4.78 is 50.7. The van der Waals surface area contributed by atoms with Gasteiger partial charge in [-0.05, 0) is 53.8 Å². The summed E-state index contributed by atoms with van der Waals surface area (Å²) in [4.78, 5) is 11.8. The summed E-state index contributed by atoms with van der Waals surface area (Å²) in [7, 11) is 1.12. The van der Waals surface area contributed by atoms with E-state index in [4.69, 9.17) is 23.2 Å². The number of aliphatic hydroxyl groups excluding tert-OH is 1. The number of anilines is 1. The molecule has 1 fully saturated rings. The van der Waals surface area contributed by atoms with Crippen molar-refractivity contribution in [2.75, 3.05) is 12.4 Å². The molecule has 42 heavy (non-hydrogen) atoms. The van der Waals surface area contributed by atoms with Crippen molar-refractivity contribution in [1.82, 2.24) is 5.32 Å². The zero-order chi connectivity index (χ0) is 31.0. The topological polar surface area (TPSA) is 94.4 Å². The van der Waals surface area contributed by atoms with Crippen LogP contribution in [0.2, 0.25) is 10.0 Å². The molecule has 1 aliphatic heterocycles. The summed E-state index contributed by atoms with van der Waals surface area (Å²) >= 11 is 12.2. The van der Waals surface area contributed by atoms with Crippen molar-refractivity contribution >= 4 is 34.9 Å². The van der Waals surface area contributed by atoms with E-state index in [0.29, 0.717) is 6.42 Å². The summed E-state index contributed by atoms with van der Waals surface area (Å²) in [6, 6.07) is 12.2. The molecule has 5 atom stereocenters. The van der Waals surface area contributed by atoms with Crippen LogP contribution in [-0.2, 0) is 10.2 Å². The van der Waals surface area contributed by atoms with E-state index < -0.39 is 53.1 Å². The van der Waals surface area contributed by atoms with Crippen LogP contribution in [0.4, 0.5) is 18.9 Å². The van der Waals surface area contributed by atoms with Gasteiger partial charge in [0.1, 0.15) is 29.1 Å². The second-order valence-electron chi connectivity index (χ2n) is 11.5. The Morgan fingerprint density at radius 1 is 1.14 bits per heavy atom. The molecule has 6 nitrogen and oxygen atoms in total. The predicted octanol–water partition coefficient (Wildman–Crippen LogP) is 6.95. The van der Waals surface area contributed by atoms with Gasteiger partial charge >= 0.3 is 5.97 Å². The average Bonchev–Trinajstić information content (AvgIpc) is 3.23. The Morgan fingerprint density at radius 2 is 1.86 bits per heavy atom. The summed E-state index contributed by atoms with van der Waals surface area (Å²) in [5.74, 6) is -4.54. The Labute approximate surface area is 252 Å². The van der Waals surface area contributed by atoms with Gasteiger partial charge in [-0.25, -0.2) is 18.0 Å². The molecule has 3 aromatic rings. The predicted molar refractivity (Wildman–Crippen MR) is 155 cm³/mol. The lowest BCUT2D eigenvalue weighted by Gasteiger charge is -2.38. The second kappa shape index (κ2) is 12.1. The van der Waals surface area contributed by atoms with E-state index in [0.717, 1.165) is 19.2 Å². The molecule has 1 aliphatic rings. The van der Waals surface area contributed by atoms with Crippen LogP contribution < -0.4 is 10.6 Å². The molecule has 0 aromatic heterocycles. The molecule has 1 saturated heterocycles. The van der Waals surface area contributed by atoms with E-state index >= 15 is 8.78 Å². The number of nitrogens with zero attached hydrogens (tertiary/aromatic N) is 1. The van der Waals surface area contributed by atoms with Crippen LogP contribution >= 0.6 is 23.2 Å². The van der Waals surface area contributed by atoms with Crippen LogP contribution in [0, 0.1) is 34.2 Å². The second-order valence-corrected chi connectivity index (χ2v) is 12.4. The first-order valence-electron chi connectivity index (χ1n) is 13.1. The van der Waals surface area contributed by atoms with Crippen molar-refractivity contribution in [3.8, 4) is 6.07 Å². The Kier molecular flexibility index (Phi) is 9.14. The van der Waals surface area contributed by atoms with E-state index in [1.54, 1.807) is 0 Å². The third kappa shape index (κ3) is 5.95. The third-order valence-electron chi connectivity index (χ3n) is 7.52. The van der Waals surface area contributed by atoms with Crippen molar-refractivity contribution in [3.63, 3.8) is 0 Å². The molecule has 5 unspecified atom stereocenters. The van der Waals surface area contributed by atoms with Crippen molar-refractivity contribution in [2.24, 2.45) is 5.41 Å². The number of carbonyl (C=O) groups excluding carboxylic acids is 1. The van der Waals surface area contributed by atoms with E-state index in [9.17, 15) is 19.6 Å². The first kappa shape index (κ1) is 31.6. The van der Waals surface area contributed by atoms with E-state index in [-0.39, 0.29) is 37.8 Å². The fourth-order valence-electron chi connectivity index (χ4n) is 5.79. The molecule has 0 spiro atoms. The number of hydrogen-bond donors (Lipinski definition) is 3. The van der Waals surface area contributed by atoms with Crippen LogP contribution in [0.25, 0.3) is 0 Å². The molecule has 3 N–H and O–H groups in total. The maximum Gasteiger partial charge on any atom is 0.340 e. The van der Waals surface area contributed by atoms with Crippen LogP contribution in [0.1, 0.15) is 54.6 Å². The fourth-order valence-corrected chi connectivity index (χ4v) is 6.13. The molecular formula is C31H30Cl2F3N3O3. The van der Waals surface area contributed by atoms with Gasteiger partial charge in [0, 0.05) is 28.2 Å². The lowest BCUT2D eigenvalue weighted by atomic mass is 9.62. The van der Waals surface area contributed by atoms with Gasteiger partial charge in [0.25, 0.3) is 0 Å². The number of nitrogens with one attached hydrogen (secondary N) is 2. The zero-order valence-corrected chi connectivity index (χ0v) is 24.8. The first-order chi connectivity index (χ1) is 19.7. The minimum Gasteiger partial charge on any atom is -0.465 e. The number of rotatable bonds is 7. The standard InChI is InChI=1S/C31H30Cl2F3N3O3/c1-30(2,3)14-24-31(15-37,20-11-8-16(32)12-23(20)35)25(19-6-5-7-21(33)26(19)36)27(39-24)28(40)38-17-9-10-18(22(34)13-17)29(41)42-4/h5-13,24-25,27-28,38-40H,14H2,1-4H3.